The minimum absolute atomic E-state index is 0.124. The Bertz CT molecular complexity index is 743. The second kappa shape index (κ2) is 7.62. The van der Waals surface area contributed by atoms with Crippen LogP contribution in [0.5, 0.6) is 11.5 Å². The lowest BCUT2D eigenvalue weighted by Crippen LogP contribution is -2.16. The highest BCUT2D eigenvalue weighted by Gasteiger charge is 2.16. The zero-order chi connectivity index (χ0) is 16.8. The first-order valence-corrected chi connectivity index (χ1v) is 7.81. The van der Waals surface area contributed by atoms with E-state index in [9.17, 15) is 4.79 Å². The second-order valence-electron chi connectivity index (χ2n) is 5.50. The molecule has 1 heterocycles. The molecule has 0 bridgehead atoms. The van der Waals surface area contributed by atoms with Crippen molar-refractivity contribution in [3.63, 3.8) is 0 Å². The first-order valence-electron chi connectivity index (χ1n) is 7.81. The number of esters is 1. The average Bonchev–Trinajstić information content (AvgIpc) is 3.14. The summed E-state index contributed by atoms with van der Waals surface area (Å²) in [7, 11) is 0. The van der Waals surface area contributed by atoms with Gasteiger partial charge in [-0.1, -0.05) is 6.07 Å². The molecular weight excluding hydrogens is 306 g/mol. The van der Waals surface area contributed by atoms with E-state index in [1.807, 2.05) is 6.07 Å². The fraction of sp³-hybridized carbons (Fsp3) is 0.263. The molecule has 1 aliphatic heterocycles. The highest BCUT2D eigenvalue weighted by Crippen LogP contribution is 2.19. The fourth-order valence-electron chi connectivity index (χ4n) is 2.44. The van der Waals surface area contributed by atoms with Crippen LogP contribution in [0.3, 0.4) is 0 Å². The van der Waals surface area contributed by atoms with Crippen LogP contribution in [0.15, 0.2) is 48.5 Å². The van der Waals surface area contributed by atoms with Gasteiger partial charge in [0.1, 0.15) is 18.1 Å². The largest absolute Gasteiger partial charge is 0.491 e. The van der Waals surface area contributed by atoms with E-state index in [0.29, 0.717) is 29.2 Å². The molecule has 122 valence electrons. The van der Waals surface area contributed by atoms with Crippen molar-refractivity contribution >= 4 is 5.97 Å². The van der Waals surface area contributed by atoms with Gasteiger partial charge >= 0.3 is 5.97 Å². The highest BCUT2D eigenvalue weighted by atomic mass is 16.5. The summed E-state index contributed by atoms with van der Waals surface area (Å²) in [6.07, 6.45) is 2.19. The molecule has 0 radical (unpaired) electrons. The molecule has 24 heavy (non-hydrogen) atoms. The molecule has 0 N–H and O–H groups in total. The number of nitrogens with zero attached hydrogens (tertiary/aromatic N) is 1. The molecule has 1 atom stereocenters. The topological polar surface area (TPSA) is 68.5 Å². The van der Waals surface area contributed by atoms with Gasteiger partial charge in [0.2, 0.25) is 0 Å². The number of hydrogen-bond acceptors (Lipinski definition) is 5. The van der Waals surface area contributed by atoms with Crippen LogP contribution in [0.4, 0.5) is 0 Å². The third kappa shape index (κ3) is 4.12. The standard InChI is InChI=1S/C19H17NO4/c20-12-14-6-8-16(9-7-14)24-19(21)15-3-1-4-17(11-15)23-13-18-5-2-10-22-18/h1,3-4,6-9,11,18H,2,5,10,13H2. The number of hydrogen-bond donors (Lipinski definition) is 0. The highest BCUT2D eigenvalue weighted by molar-refractivity contribution is 5.91. The van der Waals surface area contributed by atoms with Gasteiger partial charge in [-0.15, -0.1) is 0 Å². The molecule has 2 aromatic rings. The van der Waals surface area contributed by atoms with Crippen LogP contribution in [0.25, 0.3) is 0 Å². The van der Waals surface area contributed by atoms with E-state index < -0.39 is 5.97 Å². The van der Waals surface area contributed by atoms with Gasteiger partial charge in [0.05, 0.1) is 23.3 Å². The van der Waals surface area contributed by atoms with E-state index in [2.05, 4.69) is 0 Å². The lowest BCUT2D eigenvalue weighted by molar-refractivity contribution is 0.0676. The van der Waals surface area contributed by atoms with Gasteiger partial charge < -0.3 is 14.2 Å². The number of ether oxygens (including phenoxy) is 3. The molecular formula is C19H17NO4. The first-order chi connectivity index (χ1) is 11.7. The summed E-state index contributed by atoms with van der Waals surface area (Å²) in [5, 5.41) is 8.77. The van der Waals surface area contributed by atoms with Crippen LogP contribution in [0, 0.1) is 11.3 Å². The molecule has 0 amide bonds. The average molecular weight is 323 g/mol. The van der Waals surface area contributed by atoms with Crippen molar-refractivity contribution in [2.24, 2.45) is 0 Å². The summed E-state index contributed by atoms with van der Waals surface area (Å²) < 4.78 is 16.5. The zero-order valence-electron chi connectivity index (χ0n) is 13.1. The molecule has 5 nitrogen and oxygen atoms in total. The van der Waals surface area contributed by atoms with Crippen LogP contribution in [0.1, 0.15) is 28.8 Å². The maximum absolute atomic E-state index is 12.2. The van der Waals surface area contributed by atoms with Crippen molar-refractivity contribution in [1.82, 2.24) is 0 Å². The second-order valence-corrected chi connectivity index (χ2v) is 5.50. The molecule has 0 aliphatic carbocycles. The Morgan fingerprint density at radius 2 is 2.04 bits per heavy atom. The zero-order valence-corrected chi connectivity index (χ0v) is 13.1. The summed E-state index contributed by atoms with van der Waals surface area (Å²) in [6.45, 7) is 1.26. The van der Waals surface area contributed by atoms with Gasteiger partial charge in [-0.3, -0.25) is 0 Å². The van der Waals surface area contributed by atoms with Crippen LogP contribution >= 0.6 is 0 Å². The van der Waals surface area contributed by atoms with Crippen molar-refractivity contribution in [3.8, 4) is 17.6 Å². The fourth-order valence-corrected chi connectivity index (χ4v) is 2.44. The summed E-state index contributed by atoms with van der Waals surface area (Å²) in [5.41, 5.74) is 0.920. The van der Waals surface area contributed by atoms with Gasteiger partial charge in [0, 0.05) is 6.61 Å². The molecule has 1 unspecified atom stereocenters. The van der Waals surface area contributed by atoms with Gasteiger partial charge in [-0.05, 0) is 55.3 Å². The summed E-state index contributed by atoms with van der Waals surface area (Å²) in [5.74, 6) is 0.534. The molecule has 0 saturated carbocycles. The van der Waals surface area contributed by atoms with E-state index in [4.69, 9.17) is 19.5 Å². The van der Waals surface area contributed by atoms with Crippen molar-refractivity contribution in [3.05, 3.63) is 59.7 Å². The molecule has 0 spiro atoms. The first kappa shape index (κ1) is 16.0. The predicted molar refractivity (Wildman–Crippen MR) is 87.0 cm³/mol. The van der Waals surface area contributed by atoms with Crippen molar-refractivity contribution in [2.75, 3.05) is 13.2 Å². The van der Waals surface area contributed by atoms with Crippen LogP contribution < -0.4 is 9.47 Å². The van der Waals surface area contributed by atoms with Crippen LogP contribution in [-0.4, -0.2) is 25.3 Å². The molecule has 0 aromatic heterocycles. The SMILES string of the molecule is N#Cc1ccc(OC(=O)c2cccc(OCC3CCCO3)c2)cc1. The van der Waals surface area contributed by atoms with E-state index in [1.165, 1.54) is 0 Å². The van der Waals surface area contributed by atoms with Crippen molar-refractivity contribution < 1.29 is 19.0 Å². The van der Waals surface area contributed by atoms with Crippen molar-refractivity contribution in [2.45, 2.75) is 18.9 Å². The summed E-state index contributed by atoms with van der Waals surface area (Å²) in [6, 6.07) is 15.3. The molecule has 5 heteroatoms. The Hall–Kier alpha value is -2.84. The number of carbonyl (C=O) groups excluding carboxylic acids is 1. The lowest BCUT2D eigenvalue weighted by atomic mass is 10.2. The third-order valence-corrected chi connectivity index (χ3v) is 3.72. The van der Waals surface area contributed by atoms with E-state index in [0.717, 1.165) is 19.4 Å². The Morgan fingerprint density at radius 1 is 1.21 bits per heavy atom. The van der Waals surface area contributed by atoms with Gasteiger partial charge in [-0.25, -0.2) is 4.79 Å². The summed E-state index contributed by atoms with van der Waals surface area (Å²) >= 11 is 0. The van der Waals surface area contributed by atoms with E-state index in [1.54, 1.807) is 48.5 Å². The van der Waals surface area contributed by atoms with E-state index >= 15 is 0 Å². The number of nitriles is 1. The van der Waals surface area contributed by atoms with Crippen LogP contribution in [-0.2, 0) is 4.74 Å². The Labute approximate surface area is 140 Å². The number of benzene rings is 2. The molecule has 1 aliphatic rings. The maximum Gasteiger partial charge on any atom is 0.343 e. The van der Waals surface area contributed by atoms with E-state index in [-0.39, 0.29) is 6.10 Å². The van der Waals surface area contributed by atoms with Gasteiger partial charge in [0.15, 0.2) is 0 Å². The Kier molecular flexibility index (Phi) is 5.09. The van der Waals surface area contributed by atoms with Crippen molar-refractivity contribution in [1.29, 1.82) is 5.26 Å². The number of carbonyl (C=O) groups is 1. The molecule has 1 fully saturated rings. The van der Waals surface area contributed by atoms with Crippen LogP contribution in [0.2, 0.25) is 0 Å². The normalized spacial score (nSPS) is 16.4. The number of rotatable bonds is 5. The minimum Gasteiger partial charge on any atom is -0.491 e. The third-order valence-electron chi connectivity index (χ3n) is 3.72. The smallest absolute Gasteiger partial charge is 0.343 e. The predicted octanol–water partition coefficient (Wildman–Crippen LogP) is 3.34. The molecule has 2 aromatic carbocycles. The lowest BCUT2D eigenvalue weighted by Gasteiger charge is -2.12. The molecule has 1 saturated heterocycles. The maximum atomic E-state index is 12.2. The Balaban J connectivity index is 1.61. The minimum atomic E-state index is -0.470. The summed E-state index contributed by atoms with van der Waals surface area (Å²) in [4.78, 5) is 12.2. The quantitative estimate of drug-likeness (QED) is 0.623. The monoisotopic (exact) mass is 323 g/mol. The molecule has 3 rings (SSSR count). The Morgan fingerprint density at radius 3 is 2.75 bits per heavy atom. The van der Waals surface area contributed by atoms with Gasteiger partial charge in [-0.2, -0.15) is 5.26 Å². The van der Waals surface area contributed by atoms with Gasteiger partial charge in [0.25, 0.3) is 0 Å².